The molecule has 2 amide bonds. The third kappa shape index (κ3) is 3.52. The molecule has 7 heteroatoms. The highest BCUT2D eigenvalue weighted by Gasteiger charge is 2.33. The van der Waals surface area contributed by atoms with E-state index in [0.29, 0.717) is 32.8 Å². The molecule has 3 aliphatic heterocycles. The summed E-state index contributed by atoms with van der Waals surface area (Å²) in [7, 11) is 0. The van der Waals surface area contributed by atoms with E-state index < -0.39 is 0 Å². The fourth-order valence-electron chi connectivity index (χ4n) is 3.07. The Labute approximate surface area is 129 Å². The third-order valence-electron chi connectivity index (χ3n) is 4.33. The number of amides is 2. The fourth-order valence-corrected chi connectivity index (χ4v) is 3.99. The number of hydrogen-bond acceptors (Lipinski definition) is 5. The second-order valence-electron chi connectivity index (χ2n) is 5.73. The average Bonchev–Trinajstić information content (AvgIpc) is 3.09. The number of hydrogen-bond donors (Lipinski definition) is 1. The van der Waals surface area contributed by atoms with E-state index >= 15 is 0 Å². The Balaban J connectivity index is 1.48. The summed E-state index contributed by atoms with van der Waals surface area (Å²) in [6.45, 7) is 4.13. The number of thioether (sulfide) groups is 1. The highest BCUT2D eigenvalue weighted by Crippen LogP contribution is 2.17. The van der Waals surface area contributed by atoms with E-state index in [1.807, 2.05) is 21.6 Å². The van der Waals surface area contributed by atoms with Gasteiger partial charge in [-0.2, -0.15) is 11.8 Å². The molecule has 118 valence electrons. The predicted molar refractivity (Wildman–Crippen MR) is 81.2 cm³/mol. The lowest BCUT2D eigenvalue weighted by atomic mass is 10.2. The van der Waals surface area contributed by atoms with Crippen LogP contribution < -0.4 is 5.32 Å². The summed E-state index contributed by atoms with van der Waals surface area (Å²) in [5.74, 6) is 2.22. The SMILES string of the molecule is O=C(C1CSCCN1)N1CCN(C(=O)C2CCCO2)CC1. The van der Waals surface area contributed by atoms with Gasteiger partial charge in [-0.05, 0) is 12.8 Å². The molecule has 3 heterocycles. The van der Waals surface area contributed by atoms with Crippen LogP contribution in [0.5, 0.6) is 0 Å². The molecular weight excluding hydrogens is 290 g/mol. The van der Waals surface area contributed by atoms with Crippen LogP contribution in [0, 0.1) is 0 Å². The van der Waals surface area contributed by atoms with Crippen molar-refractivity contribution < 1.29 is 14.3 Å². The van der Waals surface area contributed by atoms with Gasteiger partial charge >= 0.3 is 0 Å². The van der Waals surface area contributed by atoms with E-state index in [9.17, 15) is 9.59 Å². The monoisotopic (exact) mass is 313 g/mol. The summed E-state index contributed by atoms with van der Waals surface area (Å²) in [4.78, 5) is 28.4. The summed E-state index contributed by atoms with van der Waals surface area (Å²) in [5, 5.41) is 3.28. The van der Waals surface area contributed by atoms with Crippen LogP contribution in [0.3, 0.4) is 0 Å². The number of ether oxygens (including phenoxy) is 1. The normalized spacial score (nSPS) is 30.5. The van der Waals surface area contributed by atoms with Gasteiger partial charge in [0.25, 0.3) is 5.91 Å². The summed E-state index contributed by atoms with van der Waals surface area (Å²) in [6, 6.07) is -0.0517. The lowest BCUT2D eigenvalue weighted by Crippen LogP contribution is -2.57. The Morgan fingerprint density at radius 2 is 1.81 bits per heavy atom. The highest BCUT2D eigenvalue weighted by atomic mass is 32.2. The van der Waals surface area contributed by atoms with Gasteiger partial charge in [-0.3, -0.25) is 9.59 Å². The van der Waals surface area contributed by atoms with E-state index in [1.54, 1.807) is 0 Å². The molecule has 0 saturated carbocycles. The van der Waals surface area contributed by atoms with Crippen LogP contribution in [-0.2, 0) is 14.3 Å². The highest BCUT2D eigenvalue weighted by molar-refractivity contribution is 7.99. The van der Waals surface area contributed by atoms with E-state index in [1.165, 1.54) is 0 Å². The topological polar surface area (TPSA) is 61.9 Å². The van der Waals surface area contributed by atoms with Crippen LogP contribution in [0.25, 0.3) is 0 Å². The fraction of sp³-hybridized carbons (Fsp3) is 0.857. The molecular formula is C14H23N3O3S. The smallest absolute Gasteiger partial charge is 0.251 e. The van der Waals surface area contributed by atoms with Crippen molar-refractivity contribution in [3.05, 3.63) is 0 Å². The maximum Gasteiger partial charge on any atom is 0.251 e. The number of carbonyl (C=O) groups is 2. The van der Waals surface area contributed by atoms with Gasteiger partial charge in [0.1, 0.15) is 6.10 Å². The van der Waals surface area contributed by atoms with Crippen LogP contribution in [-0.4, -0.2) is 84.6 Å². The number of carbonyl (C=O) groups excluding carboxylic acids is 2. The van der Waals surface area contributed by atoms with Crippen LogP contribution in [0.2, 0.25) is 0 Å². The molecule has 0 aromatic carbocycles. The molecule has 0 aromatic heterocycles. The van der Waals surface area contributed by atoms with Crippen molar-refractivity contribution in [1.82, 2.24) is 15.1 Å². The van der Waals surface area contributed by atoms with E-state index in [2.05, 4.69) is 5.32 Å². The van der Waals surface area contributed by atoms with Crippen molar-refractivity contribution in [3.63, 3.8) is 0 Å². The van der Waals surface area contributed by atoms with Crippen molar-refractivity contribution >= 4 is 23.6 Å². The van der Waals surface area contributed by atoms with Crippen molar-refractivity contribution in [2.24, 2.45) is 0 Å². The lowest BCUT2D eigenvalue weighted by molar-refractivity contribution is -0.146. The summed E-state index contributed by atoms with van der Waals surface area (Å²) in [5.41, 5.74) is 0. The molecule has 1 N–H and O–H groups in total. The minimum absolute atomic E-state index is 0.0517. The number of rotatable bonds is 2. The lowest BCUT2D eigenvalue weighted by Gasteiger charge is -2.37. The molecule has 6 nitrogen and oxygen atoms in total. The summed E-state index contributed by atoms with van der Waals surface area (Å²) in [6.07, 6.45) is 1.56. The molecule has 0 bridgehead atoms. The number of piperazine rings is 1. The molecule has 2 unspecified atom stereocenters. The number of nitrogens with one attached hydrogen (secondary N) is 1. The first-order valence-corrected chi connectivity index (χ1v) is 8.91. The summed E-state index contributed by atoms with van der Waals surface area (Å²) >= 11 is 1.83. The van der Waals surface area contributed by atoms with Crippen molar-refractivity contribution in [2.45, 2.75) is 25.0 Å². The maximum atomic E-state index is 12.4. The first kappa shape index (κ1) is 15.1. The Hall–Kier alpha value is -0.790. The van der Waals surface area contributed by atoms with Crippen LogP contribution in [0.15, 0.2) is 0 Å². The maximum absolute atomic E-state index is 12.4. The van der Waals surface area contributed by atoms with Crippen molar-refractivity contribution in [3.8, 4) is 0 Å². The Morgan fingerprint density at radius 1 is 1.10 bits per heavy atom. The Morgan fingerprint density at radius 3 is 2.38 bits per heavy atom. The molecule has 3 saturated heterocycles. The molecule has 0 spiro atoms. The first-order valence-electron chi connectivity index (χ1n) is 7.76. The number of nitrogens with zero attached hydrogens (tertiary/aromatic N) is 2. The zero-order valence-corrected chi connectivity index (χ0v) is 13.1. The van der Waals surface area contributed by atoms with Gasteiger partial charge in [0.2, 0.25) is 5.91 Å². The van der Waals surface area contributed by atoms with Gasteiger partial charge in [0.15, 0.2) is 0 Å². The van der Waals surface area contributed by atoms with Gasteiger partial charge in [0, 0.05) is 50.8 Å². The minimum Gasteiger partial charge on any atom is -0.368 e. The first-order chi connectivity index (χ1) is 10.3. The zero-order valence-electron chi connectivity index (χ0n) is 12.3. The molecule has 21 heavy (non-hydrogen) atoms. The molecule has 3 rings (SSSR count). The quantitative estimate of drug-likeness (QED) is 0.748. The van der Waals surface area contributed by atoms with E-state index in [4.69, 9.17) is 4.74 Å². The second kappa shape index (κ2) is 6.98. The van der Waals surface area contributed by atoms with Crippen molar-refractivity contribution in [2.75, 3.05) is 50.8 Å². The molecule has 0 aromatic rings. The molecule has 3 fully saturated rings. The molecule has 0 aliphatic carbocycles. The Bertz CT molecular complexity index is 387. The Kier molecular flexibility index (Phi) is 5.03. The third-order valence-corrected chi connectivity index (χ3v) is 5.39. The largest absolute Gasteiger partial charge is 0.368 e. The molecule has 2 atom stereocenters. The van der Waals surface area contributed by atoms with Gasteiger partial charge in [-0.15, -0.1) is 0 Å². The second-order valence-corrected chi connectivity index (χ2v) is 6.88. The standard InChI is InChI=1S/C14H23N3O3S/c18-13(11-10-21-9-3-15-11)16-4-6-17(7-5-16)14(19)12-2-1-8-20-12/h11-12,15H,1-10H2. The van der Waals surface area contributed by atoms with Gasteiger partial charge in [0.05, 0.1) is 6.04 Å². The minimum atomic E-state index is -0.247. The van der Waals surface area contributed by atoms with Crippen LogP contribution >= 0.6 is 11.8 Å². The zero-order chi connectivity index (χ0) is 14.7. The van der Waals surface area contributed by atoms with Crippen molar-refractivity contribution in [1.29, 1.82) is 0 Å². The van der Waals surface area contributed by atoms with Gasteiger partial charge < -0.3 is 19.9 Å². The van der Waals surface area contributed by atoms with E-state index in [0.717, 1.165) is 30.9 Å². The van der Waals surface area contributed by atoms with Gasteiger partial charge in [-0.25, -0.2) is 0 Å². The predicted octanol–water partition coefficient (Wildman–Crippen LogP) is -0.459. The molecule has 3 aliphatic rings. The molecule has 0 radical (unpaired) electrons. The summed E-state index contributed by atoms with van der Waals surface area (Å²) < 4.78 is 5.45. The van der Waals surface area contributed by atoms with Gasteiger partial charge in [-0.1, -0.05) is 0 Å². The van der Waals surface area contributed by atoms with Crippen LogP contribution in [0.4, 0.5) is 0 Å². The average molecular weight is 313 g/mol. The van der Waals surface area contributed by atoms with Crippen LogP contribution in [0.1, 0.15) is 12.8 Å². The van der Waals surface area contributed by atoms with E-state index in [-0.39, 0.29) is 24.0 Å².